The van der Waals surface area contributed by atoms with Crippen LogP contribution in [0.3, 0.4) is 0 Å². The lowest BCUT2D eigenvalue weighted by atomic mass is 10.2. The summed E-state index contributed by atoms with van der Waals surface area (Å²) in [5, 5.41) is 5.09. The van der Waals surface area contributed by atoms with E-state index in [1.54, 1.807) is 0 Å². The lowest BCUT2D eigenvalue weighted by Crippen LogP contribution is -2.38. The van der Waals surface area contributed by atoms with Gasteiger partial charge >= 0.3 is 0 Å². The van der Waals surface area contributed by atoms with Crippen molar-refractivity contribution in [3.63, 3.8) is 0 Å². The molecule has 0 radical (unpaired) electrons. The molecule has 1 heterocycles. The first-order chi connectivity index (χ1) is 15.1. The highest BCUT2D eigenvalue weighted by molar-refractivity contribution is 7.90. The van der Waals surface area contributed by atoms with Crippen LogP contribution in [0.1, 0.15) is 16.8 Å². The van der Waals surface area contributed by atoms with Gasteiger partial charge in [0.05, 0.1) is 28.8 Å². The Morgan fingerprint density at radius 2 is 1.84 bits per heavy atom. The quantitative estimate of drug-likeness (QED) is 0.627. The number of amides is 2. The summed E-state index contributed by atoms with van der Waals surface area (Å²) >= 11 is 5.91. The normalized spacial score (nSPS) is 14.7. The van der Waals surface area contributed by atoms with E-state index in [1.165, 1.54) is 30.3 Å². The standard InChI is InChI=1S/C21H23ClFN3O5S/c1-32(29,30)19-12-14(2-4-16(19)22)21(28)24-15-3-5-17(23)18(13-15)25-20(27)6-7-26-8-10-31-11-9-26/h2-5,12-13H,6-11H2,1H3,(H,24,28)(H,25,27). The van der Waals surface area contributed by atoms with Gasteiger partial charge in [-0.3, -0.25) is 14.5 Å². The Kier molecular flexibility index (Phi) is 7.83. The number of benzene rings is 2. The highest BCUT2D eigenvalue weighted by atomic mass is 35.5. The molecule has 2 amide bonds. The number of halogens is 2. The second-order valence-corrected chi connectivity index (χ2v) is 9.71. The van der Waals surface area contributed by atoms with Crippen LogP contribution in [0.5, 0.6) is 0 Å². The summed E-state index contributed by atoms with van der Waals surface area (Å²) in [7, 11) is -3.62. The summed E-state index contributed by atoms with van der Waals surface area (Å²) in [4.78, 5) is 26.7. The molecule has 2 aromatic carbocycles. The van der Waals surface area contributed by atoms with Crippen molar-refractivity contribution in [1.82, 2.24) is 4.90 Å². The number of carbonyl (C=O) groups excluding carboxylic acids is 2. The van der Waals surface area contributed by atoms with E-state index in [0.29, 0.717) is 19.8 Å². The van der Waals surface area contributed by atoms with Gasteiger partial charge < -0.3 is 15.4 Å². The number of morpholine rings is 1. The molecule has 0 bridgehead atoms. The molecule has 3 rings (SSSR count). The molecule has 0 spiro atoms. The van der Waals surface area contributed by atoms with Gasteiger partial charge in [-0.2, -0.15) is 0 Å². The molecule has 1 fully saturated rings. The number of anilines is 2. The summed E-state index contributed by atoms with van der Waals surface area (Å²) in [6, 6.07) is 7.63. The molecule has 8 nitrogen and oxygen atoms in total. The van der Waals surface area contributed by atoms with Crippen molar-refractivity contribution in [3.05, 3.63) is 52.8 Å². The molecule has 0 aliphatic carbocycles. The number of ether oxygens (including phenoxy) is 1. The Hall–Kier alpha value is -2.53. The van der Waals surface area contributed by atoms with Gasteiger partial charge in [0, 0.05) is 43.6 Å². The zero-order chi connectivity index (χ0) is 23.3. The van der Waals surface area contributed by atoms with E-state index in [-0.39, 0.29) is 39.2 Å². The van der Waals surface area contributed by atoms with Crippen molar-refractivity contribution in [2.45, 2.75) is 11.3 Å². The van der Waals surface area contributed by atoms with Crippen LogP contribution in [0.25, 0.3) is 0 Å². The van der Waals surface area contributed by atoms with Crippen LogP contribution in [-0.4, -0.2) is 64.2 Å². The Morgan fingerprint density at radius 1 is 1.12 bits per heavy atom. The Bertz CT molecular complexity index is 1120. The minimum atomic E-state index is -3.62. The van der Waals surface area contributed by atoms with Crippen LogP contribution >= 0.6 is 11.6 Å². The van der Waals surface area contributed by atoms with Gasteiger partial charge in [0.2, 0.25) is 5.91 Å². The lowest BCUT2D eigenvalue weighted by Gasteiger charge is -2.26. The molecule has 0 saturated carbocycles. The van der Waals surface area contributed by atoms with Crippen LogP contribution in [0, 0.1) is 5.82 Å². The zero-order valence-electron chi connectivity index (χ0n) is 17.4. The molecule has 1 aliphatic heterocycles. The number of nitrogens with one attached hydrogen (secondary N) is 2. The van der Waals surface area contributed by atoms with E-state index in [4.69, 9.17) is 16.3 Å². The third kappa shape index (κ3) is 6.49. The van der Waals surface area contributed by atoms with E-state index in [1.807, 2.05) is 0 Å². The summed E-state index contributed by atoms with van der Waals surface area (Å²) in [6.45, 7) is 3.27. The number of hydrogen-bond donors (Lipinski definition) is 2. The molecule has 0 atom stereocenters. The van der Waals surface area contributed by atoms with Crippen molar-refractivity contribution in [2.75, 3.05) is 49.7 Å². The van der Waals surface area contributed by atoms with Crippen LogP contribution in [0.15, 0.2) is 41.3 Å². The van der Waals surface area contributed by atoms with Crippen LogP contribution in [0.2, 0.25) is 5.02 Å². The van der Waals surface area contributed by atoms with E-state index in [9.17, 15) is 22.4 Å². The fourth-order valence-corrected chi connectivity index (χ4v) is 4.43. The molecule has 0 aromatic heterocycles. The lowest BCUT2D eigenvalue weighted by molar-refractivity contribution is -0.116. The molecule has 2 aromatic rings. The average molecular weight is 484 g/mol. The minimum absolute atomic E-state index is 0.00732. The predicted molar refractivity (Wildman–Crippen MR) is 119 cm³/mol. The van der Waals surface area contributed by atoms with Gasteiger partial charge in [0.15, 0.2) is 9.84 Å². The zero-order valence-corrected chi connectivity index (χ0v) is 18.9. The van der Waals surface area contributed by atoms with Crippen LogP contribution in [-0.2, 0) is 19.4 Å². The van der Waals surface area contributed by atoms with Gasteiger partial charge in [0.1, 0.15) is 5.82 Å². The summed E-state index contributed by atoms with van der Waals surface area (Å²) < 4.78 is 43.1. The van der Waals surface area contributed by atoms with E-state index < -0.39 is 21.6 Å². The van der Waals surface area contributed by atoms with Gasteiger partial charge in [-0.05, 0) is 36.4 Å². The molecule has 32 heavy (non-hydrogen) atoms. The van der Waals surface area contributed by atoms with Crippen molar-refractivity contribution < 1.29 is 27.1 Å². The second-order valence-electron chi connectivity index (χ2n) is 7.32. The second kappa shape index (κ2) is 10.4. The summed E-state index contributed by atoms with van der Waals surface area (Å²) in [6.07, 6.45) is 1.18. The average Bonchev–Trinajstić information content (AvgIpc) is 2.75. The Morgan fingerprint density at radius 3 is 2.53 bits per heavy atom. The predicted octanol–water partition coefficient (Wildman–Crippen LogP) is 2.80. The van der Waals surface area contributed by atoms with E-state index in [2.05, 4.69) is 15.5 Å². The number of carbonyl (C=O) groups is 2. The summed E-state index contributed by atoms with van der Waals surface area (Å²) in [5.74, 6) is -1.61. The van der Waals surface area contributed by atoms with Gasteiger partial charge in [-0.15, -0.1) is 0 Å². The number of nitrogens with zero attached hydrogens (tertiary/aromatic N) is 1. The van der Waals surface area contributed by atoms with Gasteiger partial charge in [-0.1, -0.05) is 11.6 Å². The topological polar surface area (TPSA) is 105 Å². The molecule has 2 N–H and O–H groups in total. The number of hydrogen-bond acceptors (Lipinski definition) is 6. The number of rotatable bonds is 7. The highest BCUT2D eigenvalue weighted by Crippen LogP contribution is 2.24. The fraction of sp³-hybridized carbons (Fsp3) is 0.333. The molecule has 172 valence electrons. The highest BCUT2D eigenvalue weighted by Gasteiger charge is 2.17. The summed E-state index contributed by atoms with van der Waals surface area (Å²) in [5.41, 5.74) is 0.230. The maximum absolute atomic E-state index is 14.2. The van der Waals surface area contributed by atoms with Crippen molar-refractivity contribution in [1.29, 1.82) is 0 Å². The van der Waals surface area contributed by atoms with Crippen LogP contribution in [0.4, 0.5) is 15.8 Å². The largest absolute Gasteiger partial charge is 0.379 e. The van der Waals surface area contributed by atoms with Crippen molar-refractivity contribution in [3.8, 4) is 0 Å². The minimum Gasteiger partial charge on any atom is -0.379 e. The molecular weight excluding hydrogens is 461 g/mol. The molecule has 1 aliphatic rings. The SMILES string of the molecule is CS(=O)(=O)c1cc(C(=O)Nc2ccc(F)c(NC(=O)CCN3CCOCC3)c2)ccc1Cl. The molecule has 11 heteroatoms. The smallest absolute Gasteiger partial charge is 0.255 e. The van der Waals surface area contributed by atoms with Crippen LogP contribution < -0.4 is 10.6 Å². The fourth-order valence-electron chi connectivity index (χ4n) is 3.13. The third-order valence-electron chi connectivity index (χ3n) is 4.85. The maximum atomic E-state index is 14.2. The van der Waals surface area contributed by atoms with Gasteiger partial charge in [-0.25, -0.2) is 12.8 Å². The van der Waals surface area contributed by atoms with E-state index in [0.717, 1.165) is 25.4 Å². The maximum Gasteiger partial charge on any atom is 0.255 e. The Labute approximate surface area is 190 Å². The first kappa shape index (κ1) is 24.1. The van der Waals surface area contributed by atoms with Gasteiger partial charge in [0.25, 0.3) is 5.91 Å². The Balaban J connectivity index is 1.66. The molecule has 1 saturated heterocycles. The van der Waals surface area contributed by atoms with Crippen molar-refractivity contribution >= 4 is 44.6 Å². The number of sulfone groups is 1. The molecular formula is C21H23ClFN3O5S. The molecule has 0 unspecified atom stereocenters. The monoisotopic (exact) mass is 483 g/mol. The third-order valence-corrected chi connectivity index (χ3v) is 6.43. The van der Waals surface area contributed by atoms with Crippen molar-refractivity contribution in [2.24, 2.45) is 0 Å². The first-order valence-electron chi connectivity index (χ1n) is 9.84. The first-order valence-corrected chi connectivity index (χ1v) is 12.1. The van der Waals surface area contributed by atoms with E-state index >= 15 is 0 Å².